The van der Waals surface area contributed by atoms with Crippen LogP contribution in [0.25, 0.3) is 0 Å². The molecule has 326 valence electrons. The third-order valence-corrected chi connectivity index (χ3v) is 10.7. The second kappa shape index (κ2) is 43.9. The van der Waals surface area contributed by atoms with Crippen LogP contribution >= 0.6 is 0 Å². The quantitative estimate of drug-likeness (QED) is 0.0325. The van der Waals surface area contributed by atoms with Gasteiger partial charge in [0.2, 0.25) is 5.91 Å². The van der Waals surface area contributed by atoms with Crippen LogP contribution < -0.4 is 5.32 Å². The van der Waals surface area contributed by atoms with Gasteiger partial charge in [-0.1, -0.05) is 211 Å². The molecule has 6 nitrogen and oxygen atoms in total. The van der Waals surface area contributed by atoms with Crippen LogP contribution in [0.3, 0.4) is 0 Å². The standard InChI is InChI=1S/C50H91NO5/c1-4-7-10-13-16-19-21-23-25-27-30-32-35-38-41-46(56-50(55)43-40-37-34-29-18-15-12-9-6-3)44-49(54)51-47(45-52)48(53)42-39-36-33-31-28-26-24-22-20-17-14-11-8-5-2/h7,10,16,19,23,25,30,32,46-48,52-53H,4-6,8-9,11-15,17-18,20-22,24,26-29,31,33-45H2,1-3H3,(H,51,54)/b10-7+,19-16+,25-23+,32-30+. The number of esters is 1. The Kier molecular flexibility index (Phi) is 42.2. The molecule has 1 amide bonds. The summed E-state index contributed by atoms with van der Waals surface area (Å²) in [6.07, 6.45) is 51.8. The minimum absolute atomic E-state index is 0.0415. The van der Waals surface area contributed by atoms with Crippen LogP contribution in [0.15, 0.2) is 48.6 Å². The summed E-state index contributed by atoms with van der Waals surface area (Å²) in [5, 5.41) is 23.7. The minimum Gasteiger partial charge on any atom is -0.462 e. The van der Waals surface area contributed by atoms with Crippen molar-refractivity contribution in [1.29, 1.82) is 0 Å². The fraction of sp³-hybridized carbons (Fsp3) is 0.800. The van der Waals surface area contributed by atoms with Crippen molar-refractivity contribution in [3.63, 3.8) is 0 Å². The minimum atomic E-state index is -0.799. The number of nitrogens with one attached hydrogen (secondary N) is 1. The Hall–Kier alpha value is -2.18. The summed E-state index contributed by atoms with van der Waals surface area (Å²) >= 11 is 0. The Labute approximate surface area is 346 Å². The van der Waals surface area contributed by atoms with E-state index in [1.807, 2.05) is 0 Å². The molecule has 0 aromatic heterocycles. The van der Waals surface area contributed by atoms with Crippen LogP contribution in [0.2, 0.25) is 0 Å². The van der Waals surface area contributed by atoms with E-state index < -0.39 is 18.2 Å². The summed E-state index contributed by atoms with van der Waals surface area (Å²) < 4.78 is 5.87. The highest BCUT2D eigenvalue weighted by atomic mass is 16.5. The number of carbonyl (C=O) groups is 2. The number of aliphatic hydroxyl groups is 2. The van der Waals surface area contributed by atoms with Gasteiger partial charge in [-0.3, -0.25) is 9.59 Å². The van der Waals surface area contributed by atoms with Crippen molar-refractivity contribution in [2.75, 3.05) is 6.61 Å². The van der Waals surface area contributed by atoms with E-state index in [0.29, 0.717) is 19.3 Å². The van der Waals surface area contributed by atoms with Crippen molar-refractivity contribution in [3.8, 4) is 0 Å². The average molecular weight is 786 g/mol. The maximum absolute atomic E-state index is 13.1. The molecular weight excluding hydrogens is 695 g/mol. The lowest BCUT2D eigenvalue weighted by Crippen LogP contribution is -2.46. The van der Waals surface area contributed by atoms with Crippen molar-refractivity contribution in [2.45, 2.75) is 251 Å². The van der Waals surface area contributed by atoms with Crippen LogP contribution in [-0.4, -0.2) is 46.9 Å². The van der Waals surface area contributed by atoms with Gasteiger partial charge >= 0.3 is 5.97 Å². The average Bonchev–Trinajstić information content (AvgIpc) is 3.19. The molecule has 0 aliphatic carbocycles. The summed E-state index contributed by atoms with van der Waals surface area (Å²) in [6, 6.07) is -0.716. The highest BCUT2D eigenvalue weighted by Gasteiger charge is 2.24. The third-order valence-electron chi connectivity index (χ3n) is 10.7. The Morgan fingerprint density at radius 1 is 0.536 bits per heavy atom. The summed E-state index contributed by atoms with van der Waals surface area (Å²) in [5.41, 5.74) is 0. The molecule has 0 spiro atoms. The zero-order valence-electron chi connectivity index (χ0n) is 37.0. The molecule has 0 heterocycles. The van der Waals surface area contributed by atoms with Crippen molar-refractivity contribution in [2.24, 2.45) is 0 Å². The molecule has 0 aliphatic heterocycles. The molecular formula is C50H91NO5. The fourth-order valence-electron chi connectivity index (χ4n) is 7.07. The molecule has 0 aromatic rings. The molecule has 6 heteroatoms. The third kappa shape index (κ3) is 38.7. The number of amides is 1. The lowest BCUT2D eigenvalue weighted by atomic mass is 10.0. The monoisotopic (exact) mass is 786 g/mol. The van der Waals surface area contributed by atoms with E-state index in [-0.39, 0.29) is 24.9 Å². The Morgan fingerprint density at radius 3 is 1.43 bits per heavy atom. The fourth-order valence-corrected chi connectivity index (χ4v) is 7.07. The summed E-state index contributed by atoms with van der Waals surface area (Å²) in [4.78, 5) is 26.0. The van der Waals surface area contributed by atoms with Gasteiger partial charge in [0.1, 0.15) is 6.10 Å². The number of carbonyl (C=O) groups excluding carboxylic acids is 2. The molecule has 0 rings (SSSR count). The number of aliphatic hydroxyl groups excluding tert-OH is 2. The van der Waals surface area contributed by atoms with Gasteiger partial charge in [0.05, 0.1) is 25.2 Å². The van der Waals surface area contributed by atoms with Crippen LogP contribution in [0.4, 0.5) is 0 Å². The molecule has 0 fully saturated rings. The van der Waals surface area contributed by atoms with Gasteiger partial charge in [-0.2, -0.15) is 0 Å². The summed E-state index contributed by atoms with van der Waals surface area (Å²) in [5.74, 6) is -0.528. The summed E-state index contributed by atoms with van der Waals surface area (Å²) in [7, 11) is 0. The van der Waals surface area contributed by atoms with E-state index >= 15 is 0 Å². The molecule has 0 saturated heterocycles. The highest BCUT2D eigenvalue weighted by molar-refractivity contribution is 5.77. The van der Waals surface area contributed by atoms with Crippen LogP contribution in [-0.2, 0) is 14.3 Å². The zero-order valence-corrected chi connectivity index (χ0v) is 37.0. The molecule has 0 saturated carbocycles. The molecule has 0 bridgehead atoms. The number of rotatable bonds is 42. The maximum atomic E-state index is 13.1. The first kappa shape index (κ1) is 53.8. The van der Waals surface area contributed by atoms with Crippen molar-refractivity contribution < 1.29 is 24.5 Å². The van der Waals surface area contributed by atoms with Crippen LogP contribution in [0, 0.1) is 0 Å². The number of hydrogen-bond donors (Lipinski definition) is 3. The molecule has 3 N–H and O–H groups in total. The Morgan fingerprint density at radius 2 is 0.964 bits per heavy atom. The normalized spacial score (nSPS) is 13.7. The topological polar surface area (TPSA) is 95.9 Å². The Balaban J connectivity index is 4.62. The van der Waals surface area contributed by atoms with Gasteiger partial charge in [0, 0.05) is 6.42 Å². The number of allylic oxidation sites excluding steroid dienone is 8. The first-order valence-electron chi connectivity index (χ1n) is 23.9. The largest absolute Gasteiger partial charge is 0.462 e. The zero-order chi connectivity index (χ0) is 41.0. The number of unbranched alkanes of at least 4 members (excludes halogenated alkanes) is 22. The van der Waals surface area contributed by atoms with Crippen molar-refractivity contribution in [3.05, 3.63) is 48.6 Å². The van der Waals surface area contributed by atoms with Gasteiger partial charge in [-0.05, 0) is 57.8 Å². The maximum Gasteiger partial charge on any atom is 0.306 e. The summed E-state index contributed by atoms with van der Waals surface area (Å²) in [6.45, 7) is 6.33. The highest BCUT2D eigenvalue weighted by Crippen LogP contribution is 2.17. The van der Waals surface area contributed by atoms with Crippen molar-refractivity contribution >= 4 is 11.9 Å². The first-order valence-corrected chi connectivity index (χ1v) is 23.9. The van der Waals surface area contributed by atoms with Gasteiger partial charge < -0.3 is 20.3 Å². The van der Waals surface area contributed by atoms with Gasteiger partial charge in [-0.25, -0.2) is 0 Å². The SMILES string of the molecule is CC/C=C/C/C=C/C/C=C/C/C=C/CCCC(CC(=O)NC(CO)C(O)CCCCCCCCCCCCCCCC)OC(=O)CCCCCCCCCCC. The van der Waals surface area contributed by atoms with E-state index in [0.717, 1.165) is 77.0 Å². The van der Waals surface area contributed by atoms with Gasteiger partial charge in [0.25, 0.3) is 0 Å². The second-order valence-corrected chi connectivity index (χ2v) is 16.1. The van der Waals surface area contributed by atoms with Crippen molar-refractivity contribution in [1.82, 2.24) is 5.32 Å². The van der Waals surface area contributed by atoms with E-state index in [4.69, 9.17) is 4.74 Å². The molecule has 3 unspecified atom stereocenters. The smallest absolute Gasteiger partial charge is 0.306 e. The Bertz CT molecular complexity index is 972. The van der Waals surface area contributed by atoms with E-state index in [1.54, 1.807) is 0 Å². The van der Waals surface area contributed by atoms with Gasteiger partial charge in [0.15, 0.2) is 0 Å². The number of hydrogen-bond acceptors (Lipinski definition) is 5. The molecule has 56 heavy (non-hydrogen) atoms. The van der Waals surface area contributed by atoms with E-state index in [1.165, 1.54) is 109 Å². The first-order chi connectivity index (χ1) is 27.5. The lowest BCUT2D eigenvalue weighted by molar-refractivity contribution is -0.151. The number of ether oxygens (including phenoxy) is 1. The predicted molar refractivity (Wildman–Crippen MR) is 241 cm³/mol. The predicted octanol–water partition coefficient (Wildman–Crippen LogP) is 13.9. The lowest BCUT2D eigenvalue weighted by Gasteiger charge is -2.24. The van der Waals surface area contributed by atoms with E-state index in [2.05, 4.69) is 74.7 Å². The van der Waals surface area contributed by atoms with Gasteiger partial charge in [-0.15, -0.1) is 0 Å². The molecule has 0 radical (unpaired) electrons. The second-order valence-electron chi connectivity index (χ2n) is 16.1. The molecule has 0 aromatic carbocycles. The van der Waals surface area contributed by atoms with E-state index in [9.17, 15) is 19.8 Å². The van der Waals surface area contributed by atoms with Crippen LogP contribution in [0.5, 0.6) is 0 Å². The van der Waals surface area contributed by atoms with Crippen LogP contribution in [0.1, 0.15) is 233 Å². The molecule has 0 aliphatic rings. The molecule has 3 atom stereocenters.